The summed E-state index contributed by atoms with van der Waals surface area (Å²) in [5.74, 6) is -0.575. The number of carbonyl (C=O) groups is 6. The molecule has 0 aromatic heterocycles. The molecule has 4 aliphatic carbocycles. The second-order valence-corrected chi connectivity index (χ2v) is 25.9. The topological polar surface area (TPSA) is 294 Å². The number of esters is 4. The van der Waals surface area contributed by atoms with Crippen molar-refractivity contribution in [3.8, 4) is 0 Å². The fraction of sp³-hybridized carbons (Fsp3) is 0.840. The summed E-state index contributed by atoms with van der Waals surface area (Å²) in [5.41, 5.74) is 5.24. The minimum absolute atomic E-state index is 0. The molecule has 0 aliphatic heterocycles. The number of rotatable bonds is 6. The molecule has 0 heterocycles. The lowest BCUT2D eigenvalue weighted by Crippen LogP contribution is -2.62. The molecule has 0 aromatic carbocycles. The van der Waals surface area contributed by atoms with Gasteiger partial charge in [0.25, 0.3) is 0 Å². The molecule has 3 N–H and O–H groups in total. The van der Waals surface area contributed by atoms with Crippen LogP contribution in [-0.2, 0) is 66.4 Å². The quantitative estimate of drug-likeness (QED) is 0.0423. The zero-order chi connectivity index (χ0) is 53.7. The molecule has 6 unspecified atom stereocenters. The zero-order valence-corrected chi connectivity index (χ0v) is 50.9. The Hall–Kier alpha value is -2.58. The maximum Gasteiger partial charge on any atom is 0.397 e. The van der Waals surface area contributed by atoms with Crippen molar-refractivity contribution in [2.45, 2.75) is 219 Å². The van der Waals surface area contributed by atoms with Gasteiger partial charge in [-0.05, 0) is 156 Å². The van der Waals surface area contributed by atoms with E-state index in [9.17, 15) is 38.1 Å². The molecule has 450 valence electrons. The number of hydrogen-bond acceptors (Lipinski definition) is 16. The minimum Gasteiger partial charge on any atom is -0.463 e. The van der Waals surface area contributed by atoms with Gasteiger partial charge < -0.3 is 38.1 Å². The van der Waals surface area contributed by atoms with Gasteiger partial charge in [0.1, 0.15) is 38.6 Å². The predicted molar refractivity (Wildman–Crippen MR) is 316 cm³/mol. The van der Waals surface area contributed by atoms with Crippen LogP contribution in [0.4, 0.5) is 4.79 Å². The molecule has 25 heteroatoms. The minimum atomic E-state index is -4.06. The lowest BCUT2D eigenvalue weighted by atomic mass is 9.45. The molecule has 75 heavy (non-hydrogen) atoms. The molecule has 3 fully saturated rings. The number of hydrogen-bond donors (Lipinski definition) is 3. The first-order valence-corrected chi connectivity index (χ1v) is 25.3. The monoisotopic (exact) mass is 1180 g/mol. The lowest BCUT2D eigenvalue weighted by molar-refractivity contribution is -0.206. The van der Waals surface area contributed by atoms with Gasteiger partial charge in [-0.15, -0.1) is 4.33 Å². The van der Waals surface area contributed by atoms with E-state index in [2.05, 4.69) is 32.9 Å². The van der Waals surface area contributed by atoms with Crippen molar-refractivity contribution in [2.75, 3.05) is 26.2 Å². The Kier molecular flexibility index (Phi) is 40.9. The molecule has 4 aliphatic rings. The van der Waals surface area contributed by atoms with Crippen LogP contribution in [0.15, 0.2) is 16.8 Å². The summed E-state index contributed by atoms with van der Waals surface area (Å²) in [6, 6.07) is 0. The highest BCUT2D eigenvalue weighted by Gasteiger charge is 2.70. The van der Waals surface area contributed by atoms with Crippen molar-refractivity contribution in [2.24, 2.45) is 33.7 Å². The first-order chi connectivity index (χ1) is 30.4. The van der Waals surface area contributed by atoms with Crippen LogP contribution >= 0.6 is 54.0 Å². The van der Waals surface area contributed by atoms with Crippen LogP contribution < -0.4 is 0 Å². The van der Waals surface area contributed by atoms with Gasteiger partial charge in [0, 0.05) is 55.3 Å². The van der Waals surface area contributed by atoms with Crippen LogP contribution in [0.25, 0.3) is 10.4 Å². The summed E-state index contributed by atoms with van der Waals surface area (Å²) in [5, 5.41) is 21.9. The number of amides is 1. The third kappa shape index (κ3) is 31.6. The highest BCUT2D eigenvalue weighted by atomic mass is 32.3. The maximum atomic E-state index is 13.5. The second kappa shape index (κ2) is 34.4. The normalized spacial score (nSPS) is 24.4. The number of aliphatic hydroxyl groups is 1. The van der Waals surface area contributed by atoms with E-state index in [1.807, 2.05) is 47.6 Å². The molecular formula is C50H103N3O17S5. The maximum absolute atomic E-state index is 13.5. The smallest absolute Gasteiger partial charge is 0.397 e. The summed E-state index contributed by atoms with van der Waals surface area (Å²) in [6.07, 6.45) is 7.02. The van der Waals surface area contributed by atoms with E-state index in [-0.39, 0.29) is 141 Å². The third-order valence-electron chi connectivity index (χ3n) is 11.3. The average Bonchev–Trinajstić information content (AvgIpc) is 3.41. The van der Waals surface area contributed by atoms with Crippen molar-refractivity contribution in [1.29, 1.82) is 0 Å². The van der Waals surface area contributed by atoms with Crippen LogP contribution in [0.1, 0.15) is 184 Å². The Labute approximate surface area is 478 Å². The Morgan fingerprint density at radius 3 is 1.55 bits per heavy atom. The molecular weight excluding hydrogens is 1070 g/mol. The standard InChI is InChI=1S/C28H42O7.2C6H12O2.C5H9N3O2.C2H8O4S.3CH4.4H2S/c1-25(2,3)35-22(31)11-14-34-24(32)28(33-6)13-10-20-19-8-7-17-15-18(29)9-12-26(17,4)23(19)21(30)16-27(20,28)5;2*1-5(7)8-6(2,3)4;1-5(2,3)10-4(9)7-8-6;1-7(2,4,5)6-3;;;;;;;/h15,19-21,23,30H,7-14,16H2,1-6H3;2*1-4H3;1-3H3;3H,1-2H3,(H,4,5);3*1H4;4*1H2/t19?,20?,21?,23?,26?,27?,28-;;;;;;;;;;;/m1.........../s1. The molecule has 0 radical (unpaired) electrons. The zero-order valence-electron chi connectivity index (χ0n) is 46.1. The van der Waals surface area contributed by atoms with Gasteiger partial charge in [-0.3, -0.25) is 19.2 Å². The lowest BCUT2D eigenvalue weighted by Gasteiger charge is -2.60. The molecule has 3 saturated carbocycles. The number of azide groups is 1. The Balaban J connectivity index is -0.000000155. The van der Waals surface area contributed by atoms with Crippen molar-refractivity contribution in [3.63, 3.8) is 0 Å². The van der Waals surface area contributed by atoms with E-state index in [1.165, 1.54) is 19.4 Å². The first kappa shape index (κ1) is 89.0. The Morgan fingerprint density at radius 2 is 1.20 bits per heavy atom. The largest absolute Gasteiger partial charge is 0.463 e. The number of allylic oxidation sites excluding steroid dienone is 1. The Bertz CT molecular complexity index is 1910. The van der Waals surface area contributed by atoms with Crippen LogP contribution in [0.2, 0.25) is 0 Å². The summed E-state index contributed by atoms with van der Waals surface area (Å²) < 4.78 is 53.0. The molecule has 0 saturated heterocycles. The van der Waals surface area contributed by atoms with Gasteiger partial charge in [0.05, 0.1) is 12.5 Å². The van der Waals surface area contributed by atoms with Crippen molar-refractivity contribution in [1.82, 2.24) is 0 Å². The number of fused-ring (bicyclic) bond motifs is 5. The molecule has 0 aromatic rings. The van der Waals surface area contributed by atoms with Gasteiger partial charge in [-0.2, -0.15) is 54.0 Å². The number of ether oxygens (including phenoxy) is 6. The number of nitrogens with zero attached hydrogens (tertiary/aromatic N) is 3. The number of aliphatic hydroxyl groups excluding tert-OH is 1. The van der Waals surface area contributed by atoms with Crippen LogP contribution in [-0.4, -0.2) is 115 Å². The molecule has 20 nitrogen and oxygen atoms in total. The van der Waals surface area contributed by atoms with Crippen molar-refractivity contribution < 1.29 is 80.6 Å². The van der Waals surface area contributed by atoms with E-state index in [1.54, 1.807) is 48.7 Å². The molecule has 0 bridgehead atoms. The highest BCUT2D eigenvalue weighted by Crippen LogP contribution is 2.68. The summed E-state index contributed by atoms with van der Waals surface area (Å²) >= 11 is 0. The van der Waals surface area contributed by atoms with E-state index in [0.29, 0.717) is 19.3 Å². The molecule has 4 rings (SSSR count). The van der Waals surface area contributed by atoms with Gasteiger partial charge in [0.2, 0.25) is 0 Å². The predicted octanol–water partition coefficient (Wildman–Crippen LogP) is 11.4. The fourth-order valence-electron chi connectivity index (χ4n) is 9.35. The van der Waals surface area contributed by atoms with E-state index in [0.717, 1.165) is 38.2 Å². The third-order valence-corrected chi connectivity index (χ3v) is 11.7. The van der Waals surface area contributed by atoms with Crippen LogP contribution in [0.5, 0.6) is 0 Å². The first-order valence-electron chi connectivity index (χ1n) is 22.6. The second-order valence-electron chi connectivity index (χ2n) is 22.4. The van der Waals surface area contributed by atoms with Crippen LogP contribution in [0.3, 0.4) is 0 Å². The van der Waals surface area contributed by atoms with Gasteiger partial charge in [-0.1, -0.05) is 41.7 Å². The average molecular weight is 1180 g/mol. The van der Waals surface area contributed by atoms with E-state index < -0.39 is 56.0 Å². The molecule has 0 spiro atoms. The molecule has 1 amide bonds. The van der Waals surface area contributed by atoms with E-state index in [4.69, 9.17) is 39.0 Å². The fourth-order valence-corrected chi connectivity index (χ4v) is 9.35. The summed E-state index contributed by atoms with van der Waals surface area (Å²) in [4.78, 5) is 70.8. The highest BCUT2D eigenvalue weighted by molar-refractivity contribution is 8.09. The Morgan fingerprint density at radius 1 is 0.773 bits per heavy atom. The van der Waals surface area contributed by atoms with E-state index >= 15 is 0 Å². The molecule has 7 atom stereocenters. The van der Waals surface area contributed by atoms with Crippen molar-refractivity contribution >= 4 is 99.4 Å². The SMILES string of the molecule is C.C.C.CC(=O)OC(C)(C)C.CC(=O)OC(C)(C)C.CC(C)(C)OC(=O)N=[N+]=[N-].CO[C@@]1(C(=O)OCCC(=O)OC(C)(C)C)CCC2C3CCC4=CC(=O)CCC4(C)C3C(O)CC21C.CS(C)(=O)(O)OO.S.S.S.S. The van der Waals surface area contributed by atoms with Gasteiger partial charge >= 0.3 is 30.0 Å². The number of methoxy groups -OCH3 is 1. The van der Waals surface area contributed by atoms with Crippen LogP contribution in [0, 0.1) is 28.6 Å². The summed E-state index contributed by atoms with van der Waals surface area (Å²) in [7, 11) is -2.51. The number of carbonyl (C=O) groups excluding carboxylic acids is 6. The van der Waals surface area contributed by atoms with Crippen molar-refractivity contribution in [3.05, 3.63) is 22.1 Å². The summed E-state index contributed by atoms with van der Waals surface area (Å²) in [6.45, 7) is 28.6. The van der Waals surface area contributed by atoms with Gasteiger partial charge in [0.15, 0.2) is 11.4 Å². The number of ketones is 1. The van der Waals surface area contributed by atoms with Gasteiger partial charge in [-0.25, -0.2) is 19.1 Å².